The summed E-state index contributed by atoms with van der Waals surface area (Å²) in [5.41, 5.74) is -0.381. The van der Waals surface area contributed by atoms with Crippen LogP contribution in [-0.2, 0) is 6.18 Å². The van der Waals surface area contributed by atoms with Gasteiger partial charge in [0.2, 0.25) is 0 Å². The van der Waals surface area contributed by atoms with E-state index < -0.39 is 17.8 Å². The summed E-state index contributed by atoms with van der Waals surface area (Å²) in [6.45, 7) is 0.202. The van der Waals surface area contributed by atoms with Crippen LogP contribution in [0.15, 0.2) is 36.8 Å². The molecule has 35 heavy (non-hydrogen) atoms. The van der Waals surface area contributed by atoms with E-state index in [0.717, 1.165) is 47.8 Å². The van der Waals surface area contributed by atoms with Gasteiger partial charge in [-0.15, -0.1) is 0 Å². The van der Waals surface area contributed by atoms with E-state index in [9.17, 15) is 23.1 Å². The molecule has 1 aliphatic carbocycles. The molecule has 0 bridgehead atoms. The lowest BCUT2D eigenvalue weighted by Crippen LogP contribution is -2.20. The monoisotopic (exact) mass is 488 g/mol. The molecule has 9 nitrogen and oxygen atoms in total. The third-order valence-electron chi connectivity index (χ3n) is 6.44. The summed E-state index contributed by atoms with van der Waals surface area (Å²) in [6.07, 6.45) is 3.24. The summed E-state index contributed by atoms with van der Waals surface area (Å²) in [7, 11) is 1.45. The first-order chi connectivity index (χ1) is 16.8. The number of anilines is 1. The fraction of sp³-hybridized carbons (Fsp3) is 0.391. The molecular formula is C23H23F3N6O3. The highest BCUT2D eigenvalue weighted by atomic mass is 19.4. The Bertz CT molecular complexity index is 1390. The first-order valence-corrected chi connectivity index (χ1v) is 11.2. The minimum Gasteiger partial charge on any atom is -0.494 e. The Labute approximate surface area is 197 Å². The number of halogens is 3. The number of aromatic nitrogens is 5. The van der Waals surface area contributed by atoms with Gasteiger partial charge < -0.3 is 15.2 Å². The molecule has 4 aromatic rings. The zero-order valence-electron chi connectivity index (χ0n) is 18.8. The van der Waals surface area contributed by atoms with E-state index in [1.165, 1.54) is 13.3 Å². The van der Waals surface area contributed by atoms with Gasteiger partial charge in [-0.25, -0.2) is 9.50 Å². The number of methoxy groups -OCH3 is 1. The van der Waals surface area contributed by atoms with Gasteiger partial charge in [-0.05, 0) is 43.7 Å². The summed E-state index contributed by atoms with van der Waals surface area (Å²) in [5.74, 6) is 0.0273. The van der Waals surface area contributed by atoms with Gasteiger partial charge in [-0.1, -0.05) is 0 Å². The van der Waals surface area contributed by atoms with Crippen molar-refractivity contribution in [3.8, 4) is 5.75 Å². The third kappa shape index (κ3) is 4.41. The van der Waals surface area contributed by atoms with Crippen LogP contribution in [0.2, 0.25) is 0 Å². The highest BCUT2D eigenvalue weighted by molar-refractivity contribution is 6.09. The number of aliphatic hydroxyl groups is 1. The number of nitrogens with one attached hydrogen (secondary N) is 1. The molecule has 184 valence electrons. The van der Waals surface area contributed by atoms with E-state index in [1.807, 2.05) is 10.9 Å². The second-order valence-electron chi connectivity index (χ2n) is 8.67. The van der Waals surface area contributed by atoms with Crippen molar-refractivity contribution in [3.05, 3.63) is 48.0 Å². The number of hydrogen-bond acceptors (Lipinski definition) is 6. The first-order valence-electron chi connectivity index (χ1n) is 11.2. The molecule has 2 N–H and O–H groups in total. The maximum absolute atomic E-state index is 13.1. The second-order valence-corrected chi connectivity index (χ2v) is 8.67. The molecule has 1 aliphatic rings. The zero-order valence-corrected chi connectivity index (χ0v) is 18.8. The van der Waals surface area contributed by atoms with Gasteiger partial charge in [-0.2, -0.15) is 23.4 Å². The van der Waals surface area contributed by atoms with Crippen molar-refractivity contribution in [1.29, 1.82) is 0 Å². The van der Waals surface area contributed by atoms with Crippen LogP contribution in [0, 0.1) is 5.92 Å². The lowest BCUT2D eigenvalue weighted by Gasteiger charge is -2.27. The minimum absolute atomic E-state index is 0.102. The van der Waals surface area contributed by atoms with Crippen LogP contribution in [0.25, 0.3) is 16.6 Å². The Morgan fingerprint density at radius 1 is 1.26 bits per heavy atom. The summed E-state index contributed by atoms with van der Waals surface area (Å²) < 4.78 is 47.7. The van der Waals surface area contributed by atoms with Crippen molar-refractivity contribution in [3.63, 3.8) is 0 Å². The molecule has 0 saturated heterocycles. The number of benzene rings is 1. The molecule has 0 spiro atoms. The number of hydrogen-bond donors (Lipinski definition) is 2. The molecule has 5 rings (SSSR count). The first kappa shape index (κ1) is 23.1. The van der Waals surface area contributed by atoms with Crippen molar-refractivity contribution >= 4 is 28.1 Å². The van der Waals surface area contributed by atoms with E-state index in [-0.39, 0.29) is 23.9 Å². The lowest BCUT2D eigenvalue weighted by atomic mass is 9.87. The standard InChI is InChI=1S/C23H23F3N6O3/c1-35-19-9-17-14(11-32(30-17)15-4-2-13(12-33)3-5-15)8-18(19)28-22(34)16-10-27-31-7-6-20(23(24,25)26)29-21(16)31/h6-11,13,15,33H,2-5,12H2,1H3,(H,28,34). The van der Waals surface area contributed by atoms with E-state index >= 15 is 0 Å². The molecule has 3 aromatic heterocycles. The number of carbonyl (C=O) groups is 1. The number of fused-ring (bicyclic) bond motifs is 2. The van der Waals surface area contributed by atoms with Gasteiger partial charge >= 0.3 is 6.18 Å². The summed E-state index contributed by atoms with van der Waals surface area (Å²) in [6, 6.07) is 4.44. The van der Waals surface area contributed by atoms with Crippen molar-refractivity contribution in [2.24, 2.45) is 5.92 Å². The van der Waals surface area contributed by atoms with E-state index in [2.05, 4.69) is 20.5 Å². The Morgan fingerprint density at radius 3 is 2.71 bits per heavy atom. The Hall–Kier alpha value is -3.67. The second kappa shape index (κ2) is 8.84. The Morgan fingerprint density at radius 2 is 2.03 bits per heavy atom. The molecule has 12 heteroatoms. The maximum Gasteiger partial charge on any atom is 0.433 e. The van der Waals surface area contributed by atoms with Crippen LogP contribution in [0.1, 0.15) is 47.8 Å². The van der Waals surface area contributed by atoms with Crippen LogP contribution in [0.5, 0.6) is 5.75 Å². The van der Waals surface area contributed by atoms with Gasteiger partial charge in [-0.3, -0.25) is 9.48 Å². The molecule has 0 unspecified atom stereocenters. The van der Waals surface area contributed by atoms with Crippen LogP contribution in [0.4, 0.5) is 18.9 Å². The van der Waals surface area contributed by atoms with Crippen molar-refractivity contribution < 1.29 is 27.8 Å². The van der Waals surface area contributed by atoms with Crippen LogP contribution in [0.3, 0.4) is 0 Å². The van der Waals surface area contributed by atoms with Crippen molar-refractivity contribution in [1.82, 2.24) is 24.4 Å². The van der Waals surface area contributed by atoms with Gasteiger partial charge in [0.1, 0.15) is 17.0 Å². The Kier molecular flexibility index (Phi) is 5.83. The largest absolute Gasteiger partial charge is 0.494 e. The molecule has 1 amide bonds. The number of aliphatic hydroxyl groups excluding tert-OH is 1. The third-order valence-corrected chi connectivity index (χ3v) is 6.44. The summed E-state index contributed by atoms with van der Waals surface area (Å²) in [4.78, 5) is 16.6. The summed E-state index contributed by atoms with van der Waals surface area (Å²) in [5, 5.41) is 21.5. The fourth-order valence-electron chi connectivity index (χ4n) is 4.49. The number of ether oxygens (including phenoxy) is 1. The maximum atomic E-state index is 13.1. The molecule has 0 atom stereocenters. The van der Waals surface area contributed by atoms with Gasteiger partial charge in [0.05, 0.1) is 30.6 Å². The quantitative estimate of drug-likeness (QED) is 0.439. The van der Waals surface area contributed by atoms with Gasteiger partial charge in [0.25, 0.3) is 5.91 Å². The number of amides is 1. The smallest absolute Gasteiger partial charge is 0.433 e. The van der Waals surface area contributed by atoms with Crippen LogP contribution in [-0.4, -0.2) is 49.1 Å². The fourth-order valence-corrected chi connectivity index (χ4v) is 4.49. The van der Waals surface area contributed by atoms with Gasteiger partial charge in [0, 0.05) is 30.5 Å². The highest BCUT2D eigenvalue weighted by Gasteiger charge is 2.33. The lowest BCUT2D eigenvalue weighted by molar-refractivity contribution is -0.141. The van der Waals surface area contributed by atoms with E-state index in [4.69, 9.17) is 4.74 Å². The average Bonchev–Trinajstić information content (AvgIpc) is 3.46. The van der Waals surface area contributed by atoms with Crippen LogP contribution < -0.4 is 10.1 Å². The molecule has 3 heterocycles. The Balaban J connectivity index is 1.43. The minimum atomic E-state index is -4.65. The van der Waals surface area contributed by atoms with Crippen LogP contribution >= 0.6 is 0 Å². The number of nitrogens with zero attached hydrogens (tertiary/aromatic N) is 5. The zero-order chi connectivity index (χ0) is 24.7. The average molecular weight is 488 g/mol. The number of carbonyl (C=O) groups excluding carboxylic acids is 1. The predicted octanol–water partition coefficient (Wildman–Crippen LogP) is 4.08. The van der Waals surface area contributed by atoms with E-state index in [0.29, 0.717) is 22.9 Å². The van der Waals surface area contributed by atoms with Gasteiger partial charge in [0.15, 0.2) is 5.65 Å². The number of alkyl halides is 3. The topological polar surface area (TPSA) is 107 Å². The molecule has 1 saturated carbocycles. The number of rotatable bonds is 5. The van der Waals surface area contributed by atoms with Crippen molar-refractivity contribution in [2.75, 3.05) is 19.0 Å². The molecule has 1 aromatic carbocycles. The molecule has 0 radical (unpaired) electrons. The summed E-state index contributed by atoms with van der Waals surface area (Å²) >= 11 is 0. The SMILES string of the molecule is COc1cc2nn(C3CCC(CO)CC3)cc2cc1NC(=O)c1cnn2ccc(C(F)(F)F)nc12. The highest BCUT2D eigenvalue weighted by Crippen LogP contribution is 2.35. The predicted molar refractivity (Wildman–Crippen MR) is 120 cm³/mol. The van der Waals surface area contributed by atoms with Crippen molar-refractivity contribution in [2.45, 2.75) is 37.9 Å². The molecule has 1 fully saturated rings. The molecule has 0 aliphatic heterocycles. The normalized spacial score (nSPS) is 18.8. The molecular weight excluding hydrogens is 465 g/mol. The van der Waals surface area contributed by atoms with E-state index in [1.54, 1.807) is 12.1 Å².